The van der Waals surface area contributed by atoms with Crippen molar-refractivity contribution < 1.29 is 9.47 Å². The van der Waals surface area contributed by atoms with Crippen molar-refractivity contribution >= 4 is 22.9 Å². The molecule has 108 valence electrons. The number of amidine groups is 1. The molecule has 0 aromatic heterocycles. The molecule has 2 aromatic rings. The summed E-state index contributed by atoms with van der Waals surface area (Å²) in [5.41, 5.74) is 8.05. The molecular weight excluding hydrogens is 266 g/mol. The number of nitrogen functional groups attached to an aromatic ring is 1. The highest BCUT2D eigenvalue weighted by Crippen LogP contribution is 2.35. The summed E-state index contributed by atoms with van der Waals surface area (Å²) in [6, 6.07) is 13.1. The molecule has 0 saturated heterocycles. The van der Waals surface area contributed by atoms with Crippen molar-refractivity contribution in [1.82, 2.24) is 0 Å². The maximum Gasteiger partial charge on any atom is 0.153 e. The number of nitrogens with one attached hydrogen (secondary N) is 1. The van der Waals surface area contributed by atoms with Crippen molar-refractivity contribution in [3.05, 3.63) is 42.5 Å². The molecule has 0 saturated carbocycles. The number of para-hydroxylation sites is 2. The van der Waals surface area contributed by atoms with E-state index in [1.807, 2.05) is 43.3 Å². The predicted octanol–water partition coefficient (Wildman–Crippen LogP) is 3.20. The fraction of sp³-hybridized carbons (Fsp3) is 0.188. The van der Waals surface area contributed by atoms with Gasteiger partial charge in [-0.1, -0.05) is 12.1 Å². The quantitative estimate of drug-likeness (QED) is 0.830. The third-order valence-corrected chi connectivity index (χ3v) is 3.28. The Bertz CT molecular complexity index is 698. The van der Waals surface area contributed by atoms with Crippen LogP contribution in [0.5, 0.6) is 11.5 Å². The second-order valence-corrected chi connectivity index (χ2v) is 4.81. The highest BCUT2D eigenvalue weighted by atomic mass is 16.5. The van der Waals surface area contributed by atoms with Crippen LogP contribution in [0.2, 0.25) is 0 Å². The number of aliphatic imine (C=N–C) groups is 1. The van der Waals surface area contributed by atoms with Gasteiger partial charge in [0, 0.05) is 11.8 Å². The lowest BCUT2D eigenvalue weighted by atomic mass is 10.2. The van der Waals surface area contributed by atoms with Gasteiger partial charge in [0.25, 0.3) is 0 Å². The lowest BCUT2D eigenvalue weighted by molar-refractivity contribution is 0.283. The number of methoxy groups -OCH3 is 1. The number of nitrogens with zero attached hydrogens (tertiary/aromatic N) is 1. The summed E-state index contributed by atoms with van der Waals surface area (Å²) in [5.74, 6) is 2.19. The Hall–Kier alpha value is -2.69. The van der Waals surface area contributed by atoms with Crippen LogP contribution < -0.4 is 20.5 Å². The zero-order valence-electron chi connectivity index (χ0n) is 12.0. The van der Waals surface area contributed by atoms with Gasteiger partial charge < -0.3 is 20.5 Å². The van der Waals surface area contributed by atoms with Crippen LogP contribution in [0.4, 0.5) is 17.1 Å². The van der Waals surface area contributed by atoms with E-state index in [-0.39, 0.29) is 6.10 Å². The lowest BCUT2D eigenvalue weighted by Crippen LogP contribution is -2.32. The minimum Gasteiger partial charge on any atom is -0.495 e. The minimum absolute atomic E-state index is 0.191. The highest BCUT2D eigenvalue weighted by molar-refractivity contribution is 6.02. The van der Waals surface area contributed by atoms with Gasteiger partial charge in [-0.05, 0) is 31.2 Å². The number of rotatable bonds is 2. The van der Waals surface area contributed by atoms with Crippen molar-refractivity contribution in [3.8, 4) is 11.5 Å². The van der Waals surface area contributed by atoms with Crippen LogP contribution in [-0.2, 0) is 0 Å². The summed E-state index contributed by atoms with van der Waals surface area (Å²) in [6.45, 7) is 1.94. The van der Waals surface area contributed by atoms with Crippen LogP contribution in [-0.4, -0.2) is 19.0 Å². The Labute approximate surface area is 123 Å². The van der Waals surface area contributed by atoms with Gasteiger partial charge in [0.2, 0.25) is 0 Å². The largest absolute Gasteiger partial charge is 0.495 e. The average Bonchev–Trinajstić information content (AvgIpc) is 2.49. The first-order valence-corrected chi connectivity index (χ1v) is 6.72. The van der Waals surface area contributed by atoms with E-state index in [0.29, 0.717) is 11.4 Å². The molecule has 3 rings (SSSR count). The van der Waals surface area contributed by atoms with Crippen LogP contribution in [0.15, 0.2) is 47.5 Å². The number of benzene rings is 2. The van der Waals surface area contributed by atoms with Crippen LogP contribution >= 0.6 is 0 Å². The summed E-state index contributed by atoms with van der Waals surface area (Å²) in [7, 11) is 1.64. The molecule has 5 heteroatoms. The maximum atomic E-state index is 5.86. The smallest absolute Gasteiger partial charge is 0.153 e. The number of nitrogens with two attached hydrogens (primary N) is 1. The first kappa shape index (κ1) is 13.3. The van der Waals surface area contributed by atoms with Crippen molar-refractivity contribution in [2.75, 3.05) is 18.2 Å². The molecule has 1 aliphatic heterocycles. The standard InChI is InChI=1S/C16H17N3O2/c1-10-16(18-12-5-3-4-6-14(12)20-2)19-13-8-7-11(17)9-15(13)21-10/h3-10H,17H2,1-2H3,(H,18,19). The molecule has 1 atom stereocenters. The molecule has 1 unspecified atom stereocenters. The first-order valence-electron chi connectivity index (χ1n) is 6.72. The Kier molecular flexibility index (Phi) is 3.39. The zero-order valence-corrected chi connectivity index (χ0v) is 12.0. The molecule has 2 aromatic carbocycles. The van der Waals surface area contributed by atoms with Crippen LogP contribution in [0.25, 0.3) is 0 Å². The first-order chi connectivity index (χ1) is 10.2. The number of anilines is 2. The van der Waals surface area contributed by atoms with Gasteiger partial charge in [-0.15, -0.1) is 0 Å². The molecule has 1 heterocycles. The molecular formula is C16H17N3O2. The van der Waals surface area contributed by atoms with Crippen molar-refractivity contribution in [1.29, 1.82) is 0 Å². The second-order valence-electron chi connectivity index (χ2n) is 4.81. The minimum atomic E-state index is -0.191. The molecule has 0 radical (unpaired) electrons. The van der Waals surface area contributed by atoms with Crippen LogP contribution in [0, 0.1) is 0 Å². The van der Waals surface area contributed by atoms with E-state index in [0.717, 1.165) is 23.0 Å². The van der Waals surface area contributed by atoms with Crippen LogP contribution in [0.1, 0.15) is 6.92 Å². The van der Waals surface area contributed by atoms with E-state index in [2.05, 4.69) is 10.3 Å². The Morgan fingerprint density at radius 2 is 2.05 bits per heavy atom. The van der Waals surface area contributed by atoms with E-state index in [4.69, 9.17) is 15.2 Å². The third kappa shape index (κ3) is 2.63. The number of ether oxygens (including phenoxy) is 2. The van der Waals surface area contributed by atoms with Gasteiger partial charge in [-0.3, -0.25) is 0 Å². The molecule has 1 aliphatic rings. The van der Waals surface area contributed by atoms with Gasteiger partial charge in [-0.2, -0.15) is 0 Å². The number of fused-ring (bicyclic) bond motifs is 1. The van der Waals surface area contributed by atoms with Crippen LogP contribution in [0.3, 0.4) is 0 Å². The van der Waals surface area contributed by atoms with Crippen molar-refractivity contribution in [2.45, 2.75) is 13.0 Å². The van der Waals surface area contributed by atoms with Gasteiger partial charge >= 0.3 is 0 Å². The topological polar surface area (TPSA) is 68.9 Å². The van der Waals surface area contributed by atoms with Gasteiger partial charge in [-0.25, -0.2) is 4.99 Å². The Morgan fingerprint density at radius 1 is 1.24 bits per heavy atom. The monoisotopic (exact) mass is 283 g/mol. The highest BCUT2D eigenvalue weighted by Gasteiger charge is 2.21. The van der Waals surface area contributed by atoms with Gasteiger partial charge in [0.15, 0.2) is 6.10 Å². The predicted molar refractivity (Wildman–Crippen MR) is 84.7 cm³/mol. The summed E-state index contributed by atoms with van der Waals surface area (Å²) in [6.07, 6.45) is -0.191. The maximum absolute atomic E-state index is 5.86. The van der Waals surface area contributed by atoms with Gasteiger partial charge in [0.1, 0.15) is 23.0 Å². The zero-order chi connectivity index (χ0) is 14.8. The molecule has 0 fully saturated rings. The summed E-state index contributed by atoms with van der Waals surface area (Å²) in [4.78, 5) is 4.61. The molecule has 21 heavy (non-hydrogen) atoms. The normalized spacial score (nSPS) is 16.5. The summed E-state index contributed by atoms with van der Waals surface area (Å²) < 4.78 is 11.2. The SMILES string of the molecule is COc1ccccc1NC1=Nc2ccc(N)cc2OC1C. The molecule has 5 nitrogen and oxygen atoms in total. The summed E-state index contributed by atoms with van der Waals surface area (Å²) >= 11 is 0. The van der Waals surface area contributed by atoms with E-state index in [1.54, 1.807) is 13.2 Å². The van der Waals surface area contributed by atoms with E-state index < -0.39 is 0 Å². The fourth-order valence-electron chi connectivity index (χ4n) is 2.20. The third-order valence-electron chi connectivity index (χ3n) is 3.28. The average molecular weight is 283 g/mol. The Balaban J connectivity index is 1.93. The van der Waals surface area contributed by atoms with Crippen molar-refractivity contribution in [3.63, 3.8) is 0 Å². The molecule has 0 amide bonds. The van der Waals surface area contributed by atoms with E-state index in [9.17, 15) is 0 Å². The summed E-state index contributed by atoms with van der Waals surface area (Å²) in [5, 5.41) is 3.27. The van der Waals surface area contributed by atoms with Crippen molar-refractivity contribution in [2.24, 2.45) is 4.99 Å². The number of hydrogen-bond donors (Lipinski definition) is 2. The van der Waals surface area contributed by atoms with E-state index >= 15 is 0 Å². The lowest BCUT2D eigenvalue weighted by Gasteiger charge is -2.24. The molecule has 0 spiro atoms. The number of hydrogen-bond acceptors (Lipinski definition) is 5. The molecule has 0 aliphatic carbocycles. The molecule has 3 N–H and O–H groups in total. The molecule has 0 bridgehead atoms. The van der Waals surface area contributed by atoms with E-state index in [1.165, 1.54) is 0 Å². The Morgan fingerprint density at radius 3 is 2.86 bits per heavy atom. The fourth-order valence-corrected chi connectivity index (χ4v) is 2.20. The second kappa shape index (κ2) is 5.36. The van der Waals surface area contributed by atoms with Gasteiger partial charge in [0.05, 0.1) is 12.8 Å².